The Morgan fingerprint density at radius 1 is 1.29 bits per heavy atom. The minimum absolute atomic E-state index is 0.108. The lowest BCUT2D eigenvalue weighted by molar-refractivity contribution is -0.384. The number of nitro groups is 1. The molecule has 21 heavy (non-hydrogen) atoms. The molecule has 6 heteroatoms. The van der Waals surface area contributed by atoms with Gasteiger partial charge in [-0.1, -0.05) is 13.8 Å². The first-order chi connectivity index (χ1) is 9.97. The van der Waals surface area contributed by atoms with Gasteiger partial charge in [0.15, 0.2) is 5.78 Å². The lowest BCUT2D eigenvalue weighted by atomic mass is 10.1. The number of nitrogens with zero attached hydrogens (tertiary/aromatic N) is 3. The molecular formula is C15H17N3O3. The maximum atomic E-state index is 11.4. The van der Waals surface area contributed by atoms with E-state index < -0.39 is 4.92 Å². The van der Waals surface area contributed by atoms with Crippen LogP contribution in [0, 0.1) is 10.1 Å². The number of Topliss-reactive ketones (excluding diaryl/α,β-unsaturated/α-hetero) is 1. The predicted molar refractivity (Wildman–Crippen MR) is 79.0 cm³/mol. The van der Waals surface area contributed by atoms with Gasteiger partial charge in [0.1, 0.15) is 5.69 Å². The number of hydrogen-bond donors (Lipinski definition) is 0. The Balaban J connectivity index is 2.65. The standard InChI is InChI=1S/C15H17N3O3/c1-4-12-9-13(5-2)17(16-12)14-7-6-11(10(3)19)8-15(14)18(20)21/h6-9H,4-5H2,1-3H3. The molecule has 0 radical (unpaired) electrons. The zero-order chi connectivity index (χ0) is 15.6. The highest BCUT2D eigenvalue weighted by Crippen LogP contribution is 2.26. The number of hydrogen-bond acceptors (Lipinski definition) is 4. The number of aromatic nitrogens is 2. The average molecular weight is 287 g/mol. The second-order valence-corrected chi connectivity index (χ2v) is 4.76. The van der Waals surface area contributed by atoms with Crippen LogP contribution in [-0.4, -0.2) is 20.5 Å². The van der Waals surface area contributed by atoms with E-state index in [9.17, 15) is 14.9 Å². The Bertz CT molecular complexity index is 704. The van der Waals surface area contributed by atoms with Crippen LogP contribution < -0.4 is 0 Å². The van der Waals surface area contributed by atoms with Crippen LogP contribution in [0.3, 0.4) is 0 Å². The molecule has 0 aliphatic rings. The third kappa shape index (κ3) is 2.84. The Labute approximate surface area is 122 Å². The van der Waals surface area contributed by atoms with Gasteiger partial charge < -0.3 is 0 Å². The van der Waals surface area contributed by atoms with Gasteiger partial charge in [-0.05, 0) is 38.0 Å². The summed E-state index contributed by atoms with van der Waals surface area (Å²) in [5.74, 6) is -0.199. The van der Waals surface area contributed by atoms with Crippen LogP contribution in [0.2, 0.25) is 0 Å². The minimum Gasteiger partial charge on any atom is -0.295 e. The number of aryl methyl sites for hydroxylation is 2. The van der Waals surface area contributed by atoms with Crippen LogP contribution in [-0.2, 0) is 12.8 Å². The molecule has 0 saturated carbocycles. The second kappa shape index (κ2) is 5.87. The molecule has 0 bridgehead atoms. The highest BCUT2D eigenvalue weighted by molar-refractivity contribution is 5.95. The molecule has 0 N–H and O–H groups in total. The van der Waals surface area contributed by atoms with E-state index in [-0.39, 0.29) is 11.5 Å². The molecule has 0 spiro atoms. The summed E-state index contributed by atoms with van der Waals surface area (Å²) < 4.78 is 1.60. The molecule has 6 nitrogen and oxygen atoms in total. The van der Waals surface area contributed by atoms with E-state index in [1.165, 1.54) is 13.0 Å². The van der Waals surface area contributed by atoms with Crippen LogP contribution in [0.5, 0.6) is 0 Å². The highest BCUT2D eigenvalue weighted by atomic mass is 16.6. The summed E-state index contributed by atoms with van der Waals surface area (Å²) in [4.78, 5) is 22.2. The molecular weight excluding hydrogens is 270 g/mol. The highest BCUT2D eigenvalue weighted by Gasteiger charge is 2.20. The number of carbonyl (C=O) groups excluding carboxylic acids is 1. The molecule has 0 atom stereocenters. The van der Waals surface area contributed by atoms with Gasteiger partial charge in [-0.15, -0.1) is 0 Å². The third-order valence-corrected chi connectivity index (χ3v) is 3.37. The van der Waals surface area contributed by atoms with E-state index in [2.05, 4.69) is 5.10 Å². The maximum Gasteiger partial charge on any atom is 0.295 e. The first-order valence-electron chi connectivity index (χ1n) is 6.85. The molecule has 0 unspecified atom stereocenters. The molecule has 0 amide bonds. The van der Waals surface area contributed by atoms with Crippen molar-refractivity contribution in [1.82, 2.24) is 9.78 Å². The van der Waals surface area contributed by atoms with Crippen molar-refractivity contribution in [1.29, 1.82) is 0 Å². The molecule has 1 aromatic heterocycles. The van der Waals surface area contributed by atoms with Crippen molar-refractivity contribution in [2.24, 2.45) is 0 Å². The summed E-state index contributed by atoms with van der Waals surface area (Å²) in [6, 6.07) is 6.44. The quantitative estimate of drug-likeness (QED) is 0.481. The van der Waals surface area contributed by atoms with E-state index in [1.807, 2.05) is 19.9 Å². The monoisotopic (exact) mass is 287 g/mol. The van der Waals surface area contributed by atoms with Crippen molar-refractivity contribution in [3.63, 3.8) is 0 Å². The molecule has 0 saturated heterocycles. The van der Waals surface area contributed by atoms with Crippen LogP contribution in [0.1, 0.15) is 42.5 Å². The summed E-state index contributed by atoms with van der Waals surface area (Å²) in [7, 11) is 0. The van der Waals surface area contributed by atoms with E-state index in [0.29, 0.717) is 11.3 Å². The summed E-state index contributed by atoms with van der Waals surface area (Å²) in [6.45, 7) is 5.35. The van der Waals surface area contributed by atoms with E-state index in [1.54, 1.807) is 16.8 Å². The molecule has 0 aliphatic heterocycles. The predicted octanol–water partition coefficient (Wildman–Crippen LogP) is 3.11. The maximum absolute atomic E-state index is 11.4. The summed E-state index contributed by atoms with van der Waals surface area (Å²) >= 11 is 0. The number of ketones is 1. The van der Waals surface area contributed by atoms with Crippen LogP contribution in [0.15, 0.2) is 24.3 Å². The van der Waals surface area contributed by atoms with Crippen molar-refractivity contribution < 1.29 is 9.72 Å². The van der Waals surface area contributed by atoms with E-state index in [0.717, 1.165) is 24.2 Å². The Kier molecular flexibility index (Phi) is 4.16. The molecule has 0 aliphatic carbocycles. The fraction of sp³-hybridized carbons (Fsp3) is 0.333. The fourth-order valence-corrected chi connectivity index (χ4v) is 2.18. The molecule has 1 heterocycles. The van der Waals surface area contributed by atoms with Gasteiger partial charge in [0.05, 0.1) is 10.6 Å². The van der Waals surface area contributed by atoms with Gasteiger partial charge in [-0.2, -0.15) is 5.10 Å². The van der Waals surface area contributed by atoms with Crippen molar-refractivity contribution in [2.45, 2.75) is 33.6 Å². The number of carbonyl (C=O) groups is 1. The van der Waals surface area contributed by atoms with Crippen LogP contribution in [0.25, 0.3) is 5.69 Å². The van der Waals surface area contributed by atoms with Gasteiger partial charge in [0.25, 0.3) is 5.69 Å². The molecule has 110 valence electrons. The summed E-state index contributed by atoms with van der Waals surface area (Å²) in [6.07, 6.45) is 1.48. The van der Waals surface area contributed by atoms with Crippen molar-refractivity contribution in [3.8, 4) is 5.69 Å². The summed E-state index contributed by atoms with van der Waals surface area (Å²) in [5, 5.41) is 15.7. The zero-order valence-corrected chi connectivity index (χ0v) is 12.3. The van der Waals surface area contributed by atoms with Gasteiger partial charge in [-0.3, -0.25) is 14.9 Å². The Hall–Kier alpha value is -2.50. The first-order valence-corrected chi connectivity index (χ1v) is 6.85. The number of rotatable bonds is 5. The SMILES string of the molecule is CCc1cc(CC)n(-c2ccc(C(C)=O)cc2[N+](=O)[O-])n1. The molecule has 0 fully saturated rings. The van der Waals surface area contributed by atoms with E-state index >= 15 is 0 Å². The van der Waals surface area contributed by atoms with Crippen LogP contribution in [0.4, 0.5) is 5.69 Å². The molecule has 2 rings (SSSR count). The zero-order valence-electron chi connectivity index (χ0n) is 12.3. The third-order valence-electron chi connectivity index (χ3n) is 3.37. The summed E-state index contributed by atoms with van der Waals surface area (Å²) in [5.41, 5.74) is 2.40. The molecule has 2 aromatic rings. The van der Waals surface area contributed by atoms with Gasteiger partial charge in [0.2, 0.25) is 0 Å². The lowest BCUT2D eigenvalue weighted by Crippen LogP contribution is -2.06. The first kappa shape index (κ1) is 14.9. The number of nitro benzene ring substituents is 1. The molecule has 1 aromatic carbocycles. The smallest absolute Gasteiger partial charge is 0.295 e. The van der Waals surface area contributed by atoms with Crippen molar-refractivity contribution >= 4 is 11.5 Å². The Morgan fingerprint density at radius 2 is 2.00 bits per heavy atom. The fourth-order valence-electron chi connectivity index (χ4n) is 2.18. The largest absolute Gasteiger partial charge is 0.295 e. The van der Waals surface area contributed by atoms with Crippen LogP contribution >= 0.6 is 0 Å². The van der Waals surface area contributed by atoms with Crippen molar-refractivity contribution in [2.75, 3.05) is 0 Å². The number of benzene rings is 1. The van der Waals surface area contributed by atoms with Gasteiger partial charge in [-0.25, -0.2) is 4.68 Å². The average Bonchev–Trinajstić information content (AvgIpc) is 2.89. The van der Waals surface area contributed by atoms with Crippen molar-refractivity contribution in [3.05, 3.63) is 51.3 Å². The topological polar surface area (TPSA) is 78.0 Å². The van der Waals surface area contributed by atoms with Gasteiger partial charge >= 0.3 is 0 Å². The van der Waals surface area contributed by atoms with E-state index in [4.69, 9.17) is 0 Å². The normalized spacial score (nSPS) is 10.6. The second-order valence-electron chi connectivity index (χ2n) is 4.76. The Morgan fingerprint density at radius 3 is 2.52 bits per heavy atom. The minimum atomic E-state index is -0.478. The van der Waals surface area contributed by atoms with Gasteiger partial charge in [0, 0.05) is 17.3 Å². The lowest BCUT2D eigenvalue weighted by Gasteiger charge is -2.07.